The zero-order valence-electron chi connectivity index (χ0n) is 9.95. The van der Waals surface area contributed by atoms with Crippen molar-refractivity contribution in [3.8, 4) is 16.9 Å². The van der Waals surface area contributed by atoms with Gasteiger partial charge in [0.1, 0.15) is 22.9 Å². The Morgan fingerprint density at radius 1 is 1.16 bits per heavy atom. The normalized spacial score (nSPS) is 10.5. The van der Waals surface area contributed by atoms with E-state index in [1.54, 1.807) is 0 Å². The summed E-state index contributed by atoms with van der Waals surface area (Å²) >= 11 is 0. The highest BCUT2D eigenvalue weighted by molar-refractivity contribution is 5.92. The minimum atomic E-state index is -1.32. The molecule has 0 aliphatic rings. The van der Waals surface area contributed by atoms with Crippen molar-refractivity contribution in [1.29, 1.82) is 0 Å². The number of hydrogen-bond acceptors (Lipinski definition) is 2. The van der Waals surface area contributed by atoms with Crippen molar-refractivity contribution in [2.45, 2.75) is 6.92 Å². The predicted octanol–water partition coefficient (Wildman–Crippen LogP) is 3.34. The first-order chi connectivity index (χ1) is 8.91. The summed E-state index contributed by atoms with van der Waals surface area (Å²) in [7, 11) is 0. The number of carboxylic acid groups (broad SMARTS) is 1. The molecule has 0 unspecified atom stereocenters. The molecule has 0 aromatic heterocycles. The molecule has 3 nitrogen and oxygen atoms in total. The minimum absolute atomic E-state index is 0.0846. The van der Waals surface area contributed by atoms with Crippen LogP contribution < -0.4 is 0 Å². The maximum atomic E-state index is 13.9. The monoisotopic (exact) mass is 264 g/mol. The van der Waals surface area contributed by atoms with Crippen LogP contribution in [-0.4, -0.2) is 16.2 Å². The van der Waals surface area contributed by atoms with Crippen molar-refractivity contribution < 1.29 is 23.8 Å². The number of aromatic hydroxyl groups is 1. The molecule has 2 N–H and O–H groups in total. The molecule has 2 aromatic rings. The number of benzene rings is 2. The van der Waals surface area contributed by atoms with Crippen LogP contribution >= 0.6 is 0 Å². The van der Waals surface area contributed by atoms with Gasteiger partial charge in [-0.15, -0.1) is 0 Å². The Bertz CT molecular complexity index is 666. The molecule has 19 heavy (non-hydrogen) atoms. The number of halogens is 2. The van der Waals surface area contributed by atoms with Gasteiger partial charge >= 0.3 is 5.97 Å². The SMILES string of the molecule is Cc1c(F)ccc(-c2ccc(O)c(C(=O)O)c2)c1F. The molecule has 0 fully saturated rings. The van der Waals surface area contributed by atoms with Crippen LogP contribution in [-0.2, 0) is 0 Å². The van der Waals surface area contributed by atoms with E-state index in [1.165, 1.54) is 19.1 Å². The second-order valence-corrected chi connectivity index (χ2v) is 4.07. The van der Waals surface area contributed by atoms with Crippen LogP contribution in [0.25, 0.3) is 11.1 Å². The molecule has 0 spiro atoms. The van der Waals surface area contributed by atoms with Gasteiger partial charge in [0, 0.05) is 11.1 Å². The number of rotatable bonds is 2. The van der Waals surface area contributed by atoms with Crippen molar-refractivity contribution in [2.75, 3.05) is 0 Å². The van der Waals surface area contributed by atoms with Crippen LogP contribution in [0.1, 0.15) is 15.9 Å². The van der Waals surface area contributed by atoms with E-state index in [1.807, 2.05) is 0 Å². The van der Waals surface area contributed by atoms with E-state index in [-0.39, 0.29) is 22.3 Å². The molecule has 5 heteroatoms. The first-order valence-electron chi connectivity index (χ1n) is 5.43. The third-order valence-corrected chi connectivity index (χ3v) is 2.86. The molecule has 0 heterocycles. The van der Waals surface area contributed by atoms with Crippen LogP contribution in [0.4, 0.5) is 8.78 Å². The first-order valence-corrected chi connectivity index (χ1v) is 5.43. The van der Waals surface area contributed by atoms with E-state index >= 15 is 0 Å². The van der Waals surface area contributed by atoms with E-state index in [0.29, 0.717) is 0 Å². The number of aromatic carboxylic acids is 1. The summed E-state index contributed by atoms with van der Waals surface area (Å²) in [5.74, 6) is -3.14. The maximum Gasteiger partial charge on any atom is 0.339 e. The molecule has 98 valence electrons. The Balaban J connectivity index is 2.63. The molecule has 0 amide bonds. The topological polar surface area (TPSA) is 57.5 Å². The lowest BCUT2D eigenvalue weighted by Crippen LogP contribution is -1.98. The summed E-state index contributed by atoms with van der Waals surface area (Å²) in [6.45, 7) is 1.30. The number of carbonyl (C=O) groups is 1. The Hall–Kier alpha value is -2.43. The maximum absolute atomic E-state index is 13.9. The van der Waals surface area contributed by atoms with Gasteiger partial charge in [0.15, 0.2) is 0 Å². The van der Waals surface area contributed by atoms with Crippen LogP contribution in [0.15, 0.2) is 30.3 Å². The van der Waals surface area contributed by atoms with Crippen LogP contribution in [0, 0.1) is 18.6 Å². The summed E-state index contributed by atoms with van der Waals surface area (Å²) in [6.07, 6.45) is 0. The summed E-state index contributed by atoms with van der Waals surface area (Å²) in [5.41, 5.74) is -0.126. The second kappa shape index (κ2) is 4.68. The standard InChI is InChI=1S/C14H10F2O3/c1-7-11(15)4-3-9(13(7)16)8-2-5-12(17)10(6-8)14(18)19/h2-6,17H,1H3,(H,18,19). The highest BCUT2D eigenvalue weighted by Gasteiger charge is 2.15. The van der Waals surface area contributed by atoms with Gasteiger partial charge in [0.25, 0.3) is 0 Å². The van der Waals surface area contributed by atoms with E-state index in [2.05, 4.69) is 0 Å². The van der Waals surface area contributed by atoms with Gasteiger partial charge in [-0.05, 0) is 36.8 Å². The Labute approximate surface area is 107 Å². The fourth-order valence-corrected chi connectivity index (χ4v) is 1.76. The van der Waals surface area contributed by atoms with Crippen molar-refractivity contribution in [3.63, 3.8) is 0 Å². The molecule has 0 aliphatic heterocycles. The quantitative estimate of drug-likeness (QED) is 0.874. The number of phenols is 1. The highest BCUT2D eigenvalue weighted by Crippen LogP contribution is 2.29. The van der Waals surface area contributed by atoms with Gasteiger partial charge in [0.2, 0.25) is 0 Å². The molecule has 2 aromatic carbocycles. The highest BCUT2D eigenvalue weighted by atomic mass is 19.1. The molecule has 2 rings (SSSR count). The van der Waals surface area contributed by atoms with E-state index in [4.69, 9.17) is 5.11 Å². The van der Waals surface area contributed by atoms with Gasteiger partial charge in [-0.3, -0.25) is 0 Å². The molecule has 0 atom stereocenters. The zero-order chi connectivity index (χ0) is 14.2. The fraction of sp³-hybridized carbons (Fsp3) is 0.0714. The Kier molecular flexibility index (Phi) is 3.21. The summed E-state index contributed by atoms with van der Waals surface area (Å²) in [5, 5.41) is 18.3. The molecule has 0 saturated carbocycles. The summed E-state index contributed by atoms with van der Waals surface area (Å²) in [4.78, 5) is 10.9. The van der Waals surface area contributed by atoms with Gasteiger partial charge < -0.3 is 10.2 Å². The van der Waals surface area contributed by atoms with Gasteiger partial charge in [0.05, 0.1) is 0 Å². The van der Waals surface area contributed by atoms with E-state index in [0.717, 1.165) is 18.2 Å². The van der Waals surface area contributed by atoms with Gasteiger partial charge in [-0.1, -0.05) is 6.07 Å². The van der Waals surface area contributed by atoms with E-state index in [9.17, 15) is 18.7 Å². The van der Waals surface area contributed by atoms with Crippen LogP contribution in [0.3, 0.4) is 0 Å². The van der Waals surface area contributed by atoms with Crippen molar-refractivity contribution >= 4 is 5.97 Å². The average Bonchev–Trinajstić information content (AvgIpc) is 2.37. The lowest BCUT2D eigenvalue weighted by molar-refractivity contribution is 0.0694. The Morgan fingerprint density at radius 2 is 1.84 bits per heavy atom. The van der Waals surface area contributed by atoms with E-state index < -0.39 is 23.4 Å². The third-order valence-electron chi connectivity index (χ3n) is 2.86. The van der Waals surface area contributed by atoms with Crippen molar-refractivity contribution in [2.24, 2.45) is 0 Å². The molecule has 0 bridgehead atoms. The number of carboxylic acids is 1. The molecule has 0 aliphatic carbocycles. The van der Waals surface area contributed by atoms with Gasteiger partial charge in [-0.25, -0.2) is 13.6 Å². The van der Waals surface area contributed by atoms with Crippen molar-refractivity contribution in [1.82, 2.24) is 0 Å². The lowest BCUT2D eigenvalue weighted by Gasteiger charge is -2.08. The molecule has 0 saturated heterocycles. The number of hydrogen-bond donors (Lipinski definition) is 2. The second-order valence-electron chi connectivity index (χ2n) is 4.07. The summed E-state index contributed by atoms with van der Waals surface area (Å²) < 4.78 is 27.1. The Morgan fingerprint density at radius 3 is 2.47 bits per heavy atom. The zero-order valence-corrected chi connectivity index (χ0v) is 9.95. The fourth-order valence-electron chi connectivity index (χ4n) is 1.76. The van der Waals surface area contributed by atoms with Crippen LogP contribution in [0.2, 0.25) is 0 Å². The molecular weight excluding hydrogens is 254 g/mol. The first kappa shape index (κ1) is 13.0. The predicted molar refractivity (Wildman–Crippen MR) is 65.2 cm³/mol. The van der Waals surface area contributed by atoms with Crippen molar-refractivity contribution in [3.05, 3.63) is 53.1 Å². The molecular formula is C14H10F2O3. The smallest absolute Gasteiger partial charge is 0.339 e. The third kappa shape index (κ3) is 2.27. The molecule has 0 radical (unpaired) electrons. The minimum Gasteiger partial charge on any atom is -0.507 e. The largest absolute Gasteiger partial charge is 0.507 e. The van der Waals surface area contributed by atoms with Crippen LogP contribution in [0.5, 0.6) is 5.75 Å². The van der Waals surface area contributed by atoms with Gasteiger partial charge in [-0.2, -0.15) is 0 Å². The lowest BCUT2D eigenvalue weighted by atomic mass is 10.00. The average molecular weight is 264 g/mol. The summed E-state index contributed by atoms with van der Waals surface area (Å²) in [6, 6.07) is 6.03.